The van der Waals surface area contributed by atoms with Crippen molar-refractivity contribution in [3.63, 3.8) is 0 Å². The minimum atomic E-state index is -0.267. The number of aromatic nitrogens is 1. The van der Waals surface area contributed by atoms with Gasteiger partial charge in [-0.15, -0.1) is 0 Å². The van der Waals surface area contributed by atoms with Crippen molar-refractivity contribution < 1.29 is 9.18 Å². The number of hydrogen-bond donors (Lipinski definition) is 0. The summed E-state index contributed by atoms with van der Waals surface area (Å²) in [5, 5.41) is 0.644. The molecule has 3 heterocycles. The van der Waals surface area contributed by atoms with Gasteiger partial charge in [0.05, 0.1) is 16.1 Å². The van der Waals surface area contributed by atoms with Gasteiger partial charge in [-0.1, -0.05) is 23.7 Å². The summed E-state index contributed by atoms with van der Waals surface area (Å²) in [7, 11) is 1.89. The van der Waals surface area contributed by atoms with Crippen LogP contribution >= 0.6 is 11.6 Å². The molecule has 0 radical (unpaired) electrons. The second-order valence-corrected chi connectivity index (χ2v) is 8.57. The number of rotatable bonds is 4. The Morgan fingerprint density at radius 2 is 2.04 bits per heavy atom. The molecule has 0 saturated carbocycles. The highest BCUT2D eigenvalue weighted by Crippen LogP contribution is 2.44. The molecule has 1 spiro atoms. The Balaban J connectivity index is 1.39. The van der Waals surface area contributed by atoms with Crippen molar-refractivity contribution in [1.29, 1.82) is 0 Å². The summed E-state index contributed by atoms with van der Waals surface area (Å²) in [4.78, 5) is 21.7. The zero-order chi connectivity index (χ0) is 19.7. The van der Waals surface area contributed by atoms with Crippen molar-refractivity contribution >= 4 is 17.5 Å². The Morgan fingerprint density at radius 1 is 1.25 bits per heavy atom. The van der Waals surface area contributed by atoms with Crippen LogP contribution < -0.4 is 0 Å². The van der Waals surface area contributed by atoms with E-state index in [0.29, 0.717) is 11.4 Å². The summed E-state index contributed by atoms with van der Waals surface area (Å²) in [6.45, 7) is 2.55. The maximum atomic E-state index is 13.5. The molecule has 6 heteroatoms. The molecule has 1 unspecified atom stereocenters. The van der Waals surface area contributed by atoms with Gasteiger partial charge in [0.2, 0.25) is 5.91 Å². The quantitative estimate of drug-likeness (QED) is 0.778. The molecule has 1 atom stereocenters. The van der Waals surface area contributed by atoms with Crippen molar-refractivity contribution in [3.05, 3.63) is 64.7 Å². The number of halogens is 2. The predicted octanol–water partition coefficient (Wildman–Crippen LogP) is 3.93. The number of likely N-dealkylation sites (N-methyl/N-ethyl adjacent to an activating group) is 1. The Hall–Kier alpha value is -1.98. The summed E-state index contributed by atoms with van der Waals surface area (Å²) < 4.78 is 13.5. The van der Waals surface area contributed by atoms with Crippen molar-refractivity contribution in [2.45, 2.75) is 38.3 Å². The SMILES string of the molecule is CN1C(=O)C2(CCN(Cc3ccc(Cl)cn3)CC2)CC1Cc1cccc(F)c1. The fourth-order valence-corrected chi connectivity index (χ4v) is 4.76. The van der Waals surface area contributed by atoms with Gasteiger partial charge in [-0.2, -0.15) is 0 Å². The average Bonchev–Trinajstić information content (AvgIpc) is 2.90. The van der Waals surface area contributed by atoms with Crippen molar-refractivity contribution in [3.8, 4) is 0 Å². The van der Waals surface area contributed by atoms with Gasteiger partial charge in [-0.05, 0) is 68.6 Å². The molecular weight excluding hydrogens is 377 g/mol. The average molecular weight is 402 g/mol. The molecule has 28 heavy (non-hydrogen) atoms. The fraction of sp³-hybridized carbons (Fsp3) is 0.455. The monoisotopic (exact) mass is 401 g/mol. The third kappa shape index (κ3) is 3.91. The molecule has 2 aliphatic heterocycles. The van der Waals surface area contributed by atoms with Crippen molar-refractivity contribution in [2.24, 2.45) is 5.41 Å². The third-order valence-corrected chi connectivity index (χ3v) is 6.52. The van der Waals surface area contributed by atoms with Gasteiger partial charge in [-0.3, -0.25) is 14.7 Å². The normalized spacial score (nSPS) is 22.2. The predicted molar refractivity (Wildman–Crippen MR) is 107 cm³/mol. The summed E-state index contributed by atoms with van der Waals surface area (Å²) in [6.07, 6.45) is 4.97. The van der Waals surface area contributed by atoms with Crippen LogP contribution in [0.3, 0.4) is 0 Å². The Labute approximate surface area is 170 Å². The number of benzene rings is 1. The number of hydrogen-bond acceptors (Lipinski definition) is 3. The molecule has 148 valence electrons. The number of carbonyl (C=O) groups excluding carboxylic acids is 1. The molecule has 1 amide bonds. The molecule has 0 bridgehead atoms. The molecular formula is C22H25ClFN3O. The zero-order valence-electron chi connectivity index (χ0n) is 16.1. The smallest absolute Gasteiger partial charge is 0.228 e. The lowest BCUT2D eigenvalue weighted by Crippen LogP contribution is -2.43. The highest BCUT2D eigenvalue weighted by molar-refractivity contribution is 6.30. The molecule has 1 aromatic carbocycles. The minimum Gasteiger partial charge on any atom is -0.342 e. The summed E-state index contributed by atoms with van der Waals surface area (Å²) in [5.41, 5.74) is 1.68. The lowest BCUT2D eigenvalue weighted by atomic mass is 9.75. The maximum Gasteiger partial charge on any atom is 0.228 e. The lowest BCUT2D eigenvalue weighted by molar-refractivity contribution is -0.137. The number of nitrogens with zero attached hydrogens (tertiary/aromatic N) is 3. The molecule has 0 aliphatic carbocycles. The molecule has 0 N–H and O–H groups in total. The van der Waals surface area contributed by atoms with E-state index in [1.165, 1.54) is 6.07 Å². The summed E-state index contributed by atoms with van der Waals surface area (Å²) in [5.74, 6) is 0.0291. The number of likely N-dealkylation sites (tertiary alicyclic amines) is 2. The third-order valence-electron chi connectivity index (χ3n) is 6.30. The zero-order valence-corrected chi connectivity index (χ0v) is 16.8. The van der Waals surface area contributed by atoms with Gasteiger partial charge in [0.1, 0.15) is 5.82 Å². The number of carbonyl (C=O) groups is 1. The molecule has 4 nitrogen and oxygen atoms in total. The minimum absolute atomic E-state index is 0.138. The van der Waals surface area contributed by atoms with Crippen LogP contribution in [0.5, 0.6) is 0 Å². The Morgan fingerprint density at radius 3 is 2.71 bits per heavy atom. The molecule has 2 aromatic rings. The first-order valence-corrected chi connectivity index (χ1v) is 10.2. The molecule has 2 saturated heterocycles. The van der Waals surface area contributed by atoms with Gasteiger partial charge in [0, 0.05) is 25.8 Å². The van der Waals surface area contributed by atoms with E-state index in [1.807, 2.05) is 30.1 Å². The first-order valence-electron chi connectivity index (χ1n) is 9.80. The van der Waals surface area contributed by atoms with Crippen molar-refractivity contribution in [1.82, 2.24) is 14.8 Å². The van der Waals surface area contributed by atoms with Crippen molar-refractivity contribution in [2.75, 3.05) is 20.1 Å². The standard InChI is InChI=1S/C22H25ClFN3O/c1-26-20(12-16-3-2-4-18(24)11-16)13-22(21(26)28)7-9-27(10-8-22)15-19-6-5-17(23)14-25-19/h2-6,11,14,20H,7-10,12-13,15H2,1H3. The van der Waals surface area contributed by atoms with Gasteiger partial charge < -0.3 is 4.90 Å². The van der Waals surface area contributed by atoms with Gasteiger partial charge >= 0.3 is 0 Å². The highest BCUT2D eigenvalue weighted by atomic mass is 35.5. The summed E-state index contributed by atoms with van der Waals surface area (Å²) in [6, 6.07) is 10.7. The molecule has 1 aromatic heterocycles. The van der Waals surface area contributed by atoms with Crippen LogP contribution in [0.4, 0.5) is 4.39 Å². The number of piperidine rings is 1. The highest BCUT2D eigenvalue weighted by Gasteiger charge is 2.51. The first-order chi connectivity index (χ1) is 13.4. The van der Waals surface area contributed by atoms with Gasteiger partial charge in [0.15, 0.2) is 0 Å². The van der Waals surface area contributed by atoms with Crippen LogP contribution in [0.25, 0.3) is 0 Å². The van der Waals surface area contributed by atoms with E-state index in [4.69, 9.17) is 11.6 Å². The van der Waals surface area contributed by atoms with Gasteiger partial charge in [0.25, 0.3) is 0 Å². The largest absolute Gasteiger partial charge is 0.342 e. The molecule has 2 aliphatic rings. The van der Waals surface area contributed by atoms with Crippen LogP contribution in [0.1, 0.15) is 30.5 Å². The number of pyridine rings is 1. The topological polar surface area (TPSA) is 36.4 Å². The Bertz CT molecular complexity index is 849. The number of amides is 1. The second kappa shape index (κ2) is 7.80. The molecule has 4 rings (SSSR count). The van der Waals surface area contributed by atoms with E-state index in [1.54, 1.807) is 18.3 Å². The van der Waals surface area contributed by atoms with Crippen LogP contribution in [-0.2, 0) is 17.8 Å². The van der Waals surface area contributed by atoms with E-state index < -0.39 is 0 Å². The van der Waals surface area contributed by atoms with Crippen LogP contribution in [0, 0.1) is 11.2 Å². The lowest BCUT2D eigenvalue weighted by Gasteiger charge is -2.37. The first kappa shape index (κ1) is 19.3. The maximum absolute atomic E-state index is 13.5. The van der Waals surface area contributed by atoms with Crippen LogP contribution in [0.15, 0.2) is 42.6 Å². The Kier molecular flexibility index (Phi) is 5.39. The van der Waals surface area contributed by atoms with Gasteiger partial charge in [-0.25, -0.2) is 4.39 Å². The van der Waals surface area contributed by atoms with E-state index >= 15 is 0 Å². The second-order valence-electron chi connectivity index (χ2n) is 8.13. The van der Waals surface area contributed by atoms with E-state index in [9.17, 15) is 9.18 Å². The molecule has 2 fully saturated rings. The van der Waals surface area contributed by atoms with Crippen LogP contribution in [0.2, 0.25) is 5.02 Å². The van der Waals surface area contributed by atoms with Crippen LogP contribution in [-0.4, -0.2) is 46.9 Å². The fourth-order valence-electron chi connectivity index (χ4n) is 4.65. The van der Waals surface area contributed by atoms with E-state index in [2.05, 4.69) is 9.88 Å². The van der Waals surface area contributed by atoms with E-state index in [0.717, 1.165) is 50.2 Å². The summed E-state index contributed by atoms with van der Waals surface area (Å²) >= 11 is 5.91. The van der Waals surface area contributed by atoms with E-state index in [-0.39, 0.29) is 23.2 Å².